The molecule has 1 unspecified atom stereocenters. The second kappa shape index (κ2) is 7.19. The molecular formula is C16H21ClN4O2. The highest BCUT2D eigenvalue weighted by atomic mass is 35.5. The Morgan fingerprint density at radius 3 is 3.04 bits per heavy atom. The van der Waals surface area contributed by atoms with E-state index in [1.165, 1.54) is 0 Å². The van der Waals surface area contributed by atoms with Gasteiger partial charge in [-0.25, -0.2) is 9.78 Å². The first-order valence-electron chi connectivity index (χ1n) is 7.87. The number of aromatic nitrogens is 1. The van der Waals surface area contributed by atoms with Crippen molar-refractivity contribution in [3.8, 4) is 0 Å². The van der Waals surface area contributed by atoms with Crippen LogP contribution in [-0.4, -0.2) is 47.9 Å². The molecule has 0 spiro atoms. The van der Waals surface area contributed by atoms with Gasteiger partial charge in [0.2, 0.25) is 0 Å². The fourth-order valence-electron chi connectivity index (χ4n) is 3.09. The number of aliphatic hydroxyl groups is 1. The number of pyridine rings is 1. The minimum atomic E-state index is -0.169. The molecule has 7 heteroatoms. The highest BCUT2D eigenvalue weighted by Gasteiger charge is 2.27. The number of nitrogens with one attached hydrogen (secondary N) is 2. The van der Waals surface area contributed by atoms with E-state index in [2.05, 4.69) is 20.5 Å². The summed E-state index contributed by atoms with van der Waals surface area (Å²) in [5, 5.41) is 15.7. The summed E-state index contributed by atoms with van der Waals surface area (Å²) in [5.74, 6) is 0.914. The topological polar surface area (TPSA) is 77.5 Å². The predicted molar refractivity (Wildman–Crippen MR) is 89.7 cm³/mol. The molecule has 124 valence electrons. The maximum absolute atomic E-state index is 12.1. The first-order valence-corrected chi connectivity index (χ1v) is 8.25. The van der Waals surface area contributed by atoms with Gasteiger partial charge >= 0.3 is 6.03 Å². The molecule has 1 aliphatic carbocycles. The second-order valence-corrected chi connectivity index (χ2v) is 6.44. The molecule has 0 saturated carbocycles. The fraction of sp³-hybridized carbons (Fsp3) is 0.500. The van der Waals surface area contributed by atoms with Crippen LogP contribution in [0.2, 0.25) is 5.02 Å². The van der Waals surface area contributed by atoms with Crippen LogP contribution in [0.1, 0.15) is 12.8 Å². The third-order valence-corrected chi connectivity index (χ3v) is 4.58. The van der Waals surface area contributed by atoms with Gasteiger partial charge in [-0.05, 0) is 25.0 Å². The average Bonchev–Trinajstić information content (AvgIpc) is 3.17. The molecular weight excluding hydrogens is 316 g/mol. The third-order valence-electron chi connectivity index (χ3n) is 4.29. The Kier molecular flexibility index (Phi) is 5.03. The number of hydrogen-bond acceptors (Lipinski definition) is 4. The Morgan fingerprint density at radius 1 is 1.43 bits per heavy atom. The van der Waals surface area contributed by atoms with E-state index in [0.29, 0.717) is 11.6 Å². The van der Waals surface area contributed by atoms with Crippen molar-refractivity contribution in [1.82, 2.24) is 15.6 Å². The van der Waals surface area contributed by atoms with Gasteiger partial charge in [0.1, 0.15) is 5.82 Å². The number of rotatable bonds is 4. The summed E-state index contributed by atoms with van der Waals surface area (Å²) in [6, 6.07) is 3.53. The van der Waals surface area contributed by atoms with E-state index in [0.717, 1.165) is 25.2 Å². The predicted octanol–water partition coefficient (Wildman–Crippen LogP) is 1.55. The van der Waals surface area contributed by atoms with Crippen LogP contribution in [0.5, 0.6) is 0 Å². The standard InChI is InChI=1S/C16H21ClN4O2/c17-14-2-1-6-18-15(14)21-7-5-13(9-21)20-16(23)19-12-4-3-11(8-12)10-22/h1-4,6,11-13,22H,5,7-10H2,(H2,19,20,23)/t11-,12+,13?/m0/s1. The van der Waals surface area contributed by atoms with Gasteiger partial charge < -0.3 is 20.6 Å². The van der Waals surface area contributed by atoms with Gasteiger partial charge in [-0.15, -0.1) is 0 Å². The molecule has 23 heavy (non-hydrogen) atoms. The van der Waals surface area contributed by atoms with Crippen molar-refractivity contribution in [3.05, 3.63) is 35.5 Å². The molecule has 3 atom stereocenters. The van der Waals surface area contributed by atoms with Gasteiger partial charge in [-0.2, -0.15) is 0 Å². The van der Waals surface area contributed by atoms with E-state index in [9.17, 15) is 4.79 Å². The summed E-state index contributed by atoms with van der Waals surface area (Å²) in [6.07, 6.45) is 7.23. The Balaban J connectivity index is 1.48. The number of urea groups is 1. The normalized spacial score (nSPS) is 26.5. The maximum Gasteiger partial charge on any atom is 0.315 e. The number of hydrogen-bond donors (Lipinski definition) is 3. The molecule has 1 aliphatic heterocycles. The van der Waals surface area contributed by atoms with E-state index in [-0.39, 0.29) is 30.6 Å². The lowest BCUT2D eigenvalue weighted by molar-refractivity contribution is 0.229. The van der Waals surface area contributed by atoms with Crippen LogP contribution in [0, 0.1) is 5.92 Å². The van der Waals surface area contributed by atoms with Gasteiger partial charge in [0.05, 0.1) is 5.02 Å². The van der Waals surface area contributed by atoms with E-state index >= 15 is 0 Å². The van der Waals surface area contributed by atoms with Crippen LogP contribution < -0.4 is 15.5 Å². The first-order chi connectivity index (χ1) is 11.2. The largest absolute Gasteiger partial charge is 0.396 e. The van der Waals surface area contributed by atoms with E-state index in [4.69, 9.17) is 16.7 Å². The Morgan fingerprint density at radius 2 is 2.30 bits per heavy atom. The van der Waals surface area contributed by atoms with Crippen LogP contribution in [0.15, 0.2) is 30.5 Å². The number of aliphatic hydroxyl groups excluding tert-OH is 1. The summed E-state index contributed by atoms with van der Waals surface area (Å²) < 4.78 is 0. The van der Waals surface area contributed by atoms with Crippen LogP contribution in [-0.2, 0) is 0 Å². The zero-order valence-electron chi connectivity index (χ0n) is 12.8. The third kappa shape index (κ3) is 3.95. The SMILES string of the molecule is O=C(NC1CCN(c2ncccc2Cl)C1)N[C@@H]1C=C[C@H](CO)C1. The zero-order valence-corrected chi connectivity index (χ0v) is 13.5. The summed E-state index contributed by atoms with van der Waals surface area (Å²) >= 11 is 6.17. The summed E-state index contributed by atoms with van der Waals surface area (Å²) in [7, 11) is 0. The van der Waals surface area contributed by atoms with Crippen molar-refractivity contribution in [2.75, 3.05) is 24.6 Å². The minimum absolute atomic E-state index is 0.00473. The summed E-state index contributed by atoms with van der Waals surface area (Å²) in [5.41, 5.74) is 0. The number of halogens is 1. The van der Waals surface area contributed by atoms with Crippen LogP contribution in [0.25, 0.3) is 0 Å². The highest BCUT2D eigenvalue weighted by Crippen LogP contribution is 2.25. The second-order valence-electron chi connectivity index (χ2n) is 6.03. The lowest BCUT2D eigenvalue weighted by atomic mass is 10.1. The van der Waals surface area contributed by atoms with Crippen molar-refractivity contribution in [1.29, 1.82) is 0 Å². The van der Waals surface area contributed by atoms with Crippen molar-refractivity contribution < 1.29 is 9.90 Å². The maximum atomic E-state index is 12.1. The Labute approximate surface area is 140 Å². The number of nitrogens with zero attached hydrogens (tertiary/aromatic N) is 2. The monoisotopic (exact) mass is 336 g/mol. The lowest BCUT2D eigenvalue weighted by Gasteiger charge is -2.20. The average molecular weight is 337 g/mol. The summed E-state index contributed by atoms with van der Waals surface area (Å²) in [4.78, 5) is 18.5. The molecule has 6 nitrogen and oxygen atoms in total. The first kappa shape index (κ1) is 16.1. The lowest BCUT2D eigenvalue weighted by Crippen LogP contribution is -2.46. The summed E-state index contributed by atoms with van der Waals surface area (Å²) in [6.45, 7) is 1.64. The smallest absolute Gasteiger partial charge is 0.315 e. The molecule has 1 saturated heterocycles. The van der Waals surface area contributed by atoms with Crippen LogP contribution in [0.4, 0.5) is 10.6 Å². The number of carbonyl (C=O) groups excluding carboxylic acids is 1. The van der Waals surface area contributed by atoms with Crippen LogP contribution >= 0.6 is 11.6 Å². The van der Waals surface area contributed by atoms with Gasteiger partial charge in [0.15, 0.2) is 0 Å². The van der Waals surface area contributed by atoms with E-state index in [1.54, 1.807) is 12.3 Å². The fourth-order valence-corrected chi connectivity index (χ4v) is 3.33. The van der Waals surface area contributed by atoms with Crippen molar-refractivity contribution in [2.24, 2.45) is 5.92 Å². The molecule has 0 radical (unpaired) electrons. The van der Waals surface area contributed by atoms with Gasteiger partial charge in [-0.1, -0.05) is 23.8 Å². The van der Waals surface area contributed by atoms with E-state index < -0.39 is 0 Å². The minimum Gasteiger partial charge on any atom is -0.396 e. The van der Waals surface area contributed by atoms with Gasteiger partial charge in [0.25, 0.3) is 0 Å². The number of amides is 2. The molecule has 2 amide bonds. The quantitative estimate of drug-likeness (QED) is 0.729. The van der Waals surface area contributed by atoms with Crippen molar-refractivity contribution in [3.63, 3.8) is 0 Å². The molecule has 1 aromatic rings. The molecule has 0 aromatic carbocycles. The van der Waals surface area contributed by atoms with Crippen molar-refractivity contribution in [2.45, 2.75) is 24.9 Å². The molecule has 2 aliphatic rings. The zero-order chi connectivity index (χ0) is 16.2. The van der Waals surface area contributed by atoms with Crippen molar-refractivity contribution >= 4 is 23.4 Å². The molecule has 0 bridgehead atoms. The van der Waals surface area contributed by atoms with Crippen LogP contribution in [0.3, 0.4) is 0 Å². The number of anilines is 1. The Hall–Kier alpha value is -1.79. The molecule has 1 fully saturated rings. The molecule has 1 aromatic heterocycles. The molecule has 2 heterocycles. The Bertz CT molecular complexity index is 595. The molecule has 3 N–H and O–H groups in total. The molecule has 3 rings (SSSR count). The van der Waals surface area contributed by atoms with Gasteiger partial charge in [-0.3, -0.25) is 0 Å². The highest BCUT2D eigenvalue weighted by molar-refractivity contribution is 6.32. The van der Waals surface area contributed by atoms with E-state index in [1.807, 2.05) is 18.2 Å². The van der Waals surface area contributed by atoms with Gasteiger partial charge in [0, 0.05) is 43.9 Å². The number of carbonyl (C=O) groups is 1.